The summed E-state index contributed by atoms with van der Waals surface area (Å²) in [7, 11) is 0. The Balaban J connectivity index is -0.000000105. The zero-order valence-corrected chi connectivity index (χ0v) is 25.5. The summed E-state index contributed by atoms with van der Waals surface area (Å²) in [5, 5.41) is 36.2. The standard InChI is InChI=1S/4C7H16O.Ti/c4*1-3-5-7(8)6-4-2;/h4*7-8H,3-6H2,1-2H3;. The summed E-state index contributed by atoms with van der Waals surface area (Å²) in [6.45, 7) is 16.8. The third-order valence-electron chi connectivity index (χ3n) is 4.98. The maximum Gasteiger partial charge on any atom is 0.0540 e. The Kier molecular flexibility index (Phi) is 52.5. The smallest absolute Gasteiger partial charge is 0.0540 e. The van der Waals surface area contributed by atoms with E-state index in [1.807, 2.05) is 0 Å². The van der Waals surface area contributed by atoms with Crippen LogP contribution in [0, 0.1) is 0 Å². The number of aliphatic hydroxyl groups excluding tert-OH is 4. The van der Waals surface area contributed by atoms with Gasteiger partial charge in [0.1, 0.15) is 0 Å². The first-order valence-corrected chi connectivity index (χ1v) is 14.0. The molecule has 0 fully saturated rings. The van der Waals surface area contributed by atoms with Gasteiger partial charge in [0.05, 0.1) is 24.4 Å². The van der Waals surface area contributed by atoms with Gasteiger partial charge < -0.3 is 20.4 Å². The molecule has 0 saturated heterocycles. The molecule has 204 valence electrons. The van der Waals surface area contributed by atoms with Gasteiger partial charge in [-0.25, -0.2) is 0 Å². The van der Waals surface area contributed by atoms with Gasteiger partial charge in [0.25, 0.3) is 0 Å². The Morgan fingerprint density at radius 3 is 0.455 bits per heavy atom. The summed E-state index contributed by atoms with van der Waals surface area (Å²) in [6, 6.07) is 0. The molecule has 0 aromatic carbocycles. The molecule has 0 spiro atoms. The second kappa shape index (κ2) is 39.8. The predicted molar refractivity (Wildman–Crippen MR) is 143 cm³/mol. The maximum absolute atomic E-state index is 9.05. The van der Waals surface area contributed by atoms with Crippen LogP contribution in [0.25, 0.3) is 0 Å². The molecule has 0 aliphatic carbocycles. The zero-order valence-electron chi connectivity index (χ0n) is 23.9. The molecule has 0 heterocycles. The molecule has 0 aliphatic rings. The first kappa shape index (κ1) is 43.6. The van der Waals surface area contributed by atoms with Crippen molar-refractivity contribution in [2.45, 2.75) is 183 Å². The quantitative estimate of drug-likeness (QED) is 0.159. The zero-order chi connectivity index (χ0) is 25.6. The molecule has 0 unspecified atom stereocenters. The van der Waals surface area contributed by atoms with E-state index in [4.69, 9.17) is 20.4 Å². The van der Waals surface area contributed by atoms with Crippen LogP contribution in [-0.4, -0.2) is 44.8 Å². The monoisotopic (exact) mass is 512 g/mol. The van der Waals surface area contributed by atoms with Crippen LogP contribution in [0.5, 0.6) is 0 Å². The molecule has 4 N–H and O–H groups in total. The molecular formula is C28H64O4Ti. The van der Waals surface area contributed by atoms with Crippen molar-refractivity contribution in [1.82, 2.24) is 0 Å². The second-order valence-electron chi connectivity index (χ2n) is 8.92. The second-order valence-corrected chi connectivity index (χ2v) is 8.92. The molecule has 0 aromatic heterocycles. The van der Waals surface area contributed by atoms with E-state index in [1.165, 1.54) is 0 Å². The van der Waals surface area contributed by atoms with Gasteiger partial charge in [-0.1, -0.05) is 107 Å². The van der Waals surface area contributed by atoms with E-state index < -0.39 is 0 Å². The third-order valence-corrected chi connectivity index (χ3v) is 4.98. The van der Waals surface area contributed by atoms with Gasteiger partial charge in [0.2, 0.25) is 0 Å². The summed E-state index contributed by atoms with van der Waals surface area (Å²) in [4.78, 5) is 0. The largest absolute Gasteiger partial charge is 0.393 e. The topological polar surface area (TPSA) is 80.9 Å². The molecule has 0 rings (SSSR count). The van der Waals surface area contributed by atoms with Gasteiger partial charge in [0, 0.05) is 21.7 Å². The SMILES string of the molecule is CCCC(O)CCC.CCCC(O)CCC.CCCC(O)CCC.CCCC(O)CCC.[Ti]. The molecule has 0 atom stereocenters. The van der Waals surface area contributed by atoms with Crippen LogP contribution in [-0.2, 0) is 21.7 Å². The fraction of sp³-hybridized carbons (Fsp3) is 1.00. The van der Waals surface area contributed by atoms with Gasteiger partial charge in [-0.3, -0.25) is 0 Å². The molecule has 0 amide bonds. The molecule has 0 radical (unpaired) electrons. The van der Waals surface area contributed by atoms with E-state index in [2.05, 4.69) is 55.4 Å². The maximum atomic E-state index is 9.05. The molecule has 0 bridgehead atoms. The van der Waals surface area contributed by atoms with E-state index in [0.717, 1.165) is 103 Å². The van der Waals surface area contributed by atoms with Crippen molar-refractivity contribution in [3.05, 3.63) is 0 Å². The van der Waals surface area contributed by atoms with E-state index in [0.29, 0.717) is 0 Å². The van der Waals surface area contributed by atoms with Gasteiger partial charge >= 0.3 is 0 Å². The fourth-order valence-electron chi connectivity index (χ4n) is 3.24. The number of rotatable bonds is 16. The van der Waals surface area contributed by atoms with Crippen LogP contribution < -0.4 is 0 Å². The molecule has 0 saturated carbocycles. The third kappa shape index (κ3) is 50.4. The molecule has 0 aromatic rings. The summed E-state index contributed by atoms with van der Waals surface area (Å²) >= 11 is 0. The minimum absolute atomic E-state index is 0. The average Bonchev–Trinajstić information content (AvgIpc) is 2.71. The van der Waals surface area contributed by atoms with Gasteiger partial charge in [-0.05, 0) is 51.4 Å². The van der Waals surface area contributed by atoms with Crippen molar-refractivity contribution >= 4 is 0 Å². The van der Waals surface area contributed by atoms with Crippen molar-refractivity contribution in [3.8, 4) is 0 Å². The fourth-order valence-corrected chi connectivity index (χ4v) is 3.24. The number of hydrogen-bond donors (Lipinski definition) is 4. The van der Waals surface area contributed by atoms with Crippen LogP contribution >= 0.6 is 0 Å². The molecular weight excluding hydrogens is 448 g/mol. The van der Waals surface area contributed by atoms with Crippen LogP contribution in [0.3, 0.4) is 0 Å². The number of hydrogen-bond acceptors (Lipinski definition) is 4. The van der Waals surface area contributed by atoms with Gasteiger partial charge in [-0.2, -0.15) is 0 Å². The Morgan fingerprint density at radius 2 is 0.394 bits per heavy atom. The predicted octanol–water partition coefficient (Wildman–Crippen LogP) is 7.79. The Labute approximate surface area is 224 Å². The molecule has 4 nitrogen and oxygen atoms in total. The van der Waals surface area contributed by atoms with Crippen molar-refractivity contribution < 1.29 is 42.1 Å². The molecule has 5 heteroatoms. The van der Waals surface area contributed by atoms with Crippen LogP contribution in [0.4, 0.5) is 0 Å². The van der Waals surface area contributed by atoms with E-state index in [1.54, 1.807) is 0 Å². The van der Waals surface area contributed by atoms with Crippen LogP contribution in [0.15, 0.2) is 0 Å². The van der Waals surface area contributed by atoms with Crippen molar-refractivity contribution in [3.63, 3.8) is 0 Å². The Hall–Kier alpha value is 0.554. The first-order valence-electron chi connectivity index (χ1n) is 14.0. The Bertz CT molecular complexity index is 213. The molecule has 33 heavy (non-hydrogen) atoms. The van der Waals surface area contributed by atoms with E-state index in [-0.39, 0.29) is 46.1 Å². The van der Waals surface area contributed by atoms with E-state index >= 15 is 0 Å². The average molecular weight is 513 g/mol. The normalized spacial score (nSPS) is 10.2. The molecule has 0 aliphatic heterocycles. The van der Waals surface area contributed by atoms with Gasteiger partial charge in [-0.15, -0.1) is 0 Å². The summed E-state index contributed by atoms with van der Waals surface area (Å²) in [5.74, 6) is 0. The van der Waals surface area contributed by atoms with Crippen LogP contribution in [0.2, 0.25) is 0 Å². The van der Waals surface area contributed by atoms with Crippen molar-refractivity contribution in [1.29, 1.82) is 0 Å². The summed E-state index contributed by atoms with van der Waals surface area (Å²) in [5.41, 5.74) is 0. The number of aliphatic hydroxyl groups is 4. The Morgan fingerprint density at radius 1 is 0.303 bits per heavy atom. The summed E-state index contributed by atoms with van der Waals surface area (Å²) < 4.78 is 0. The van der Waals surface area contributed by atoms with Crippen LogP contribution in [0.1, 0.15) is 158 Å². The summed E-state index contributed by atoms with van der Waals surface area (Å²) in [6.07, 6.45) is 16.4. The van der Waals surface area contributed by atoms with E-state index in [9.17, 15) is 0 Å². The van der Waals surface area contributed by atoms with Gasteiger partial charge in [0.15, 0.2) is 0 Å². The van der Waals surface area contributed by atoms with Crippen molar-refractivity contribution in [2.75, 3.05) is 0 Å². The minimum Gasteiger partial charge on any atom is -0.393 e. The first-order chi connectivity index (χ1) is 15.2. The minimum atomic E-state index is -0.0370. The van der Waals surface area contributed by atoms with Crippen molar-refractivity contribution in [2.24, 2.45) is 0 Å².